The number of benzene rings is 7. The normalized spacial score (nSPS) is 16.4. The third kappa shape index (κ3) is 9.22. The molecule has 0 spiro atoms. The quantitative estimate of drug-likeness (QED) is 0.149. The van der Waals surface area contributed by atoms with Crippen LogP contribution in [0.25, 0.3) is 49.9 Å². The zero-order chi connectivity index (χ0) is 62.5. The fourth-order valence-electron chi connectivity index (χ4n) is 8.47. The van der Waals surface area contributed by atoms with Crippen LogP contribution in [0.5, 0.6) is 11.5 Å². The SMILES string of the molecule is [2H]c1nc(-n2c3[c-]c(Oc4[c-]c(N5[CH-]N(c6c(-c7cc(C(C)(C)C)cc(C(C)(C)C)c7)cc(C(C)(C)C)cc6-c6c([2H])c([2H])c([2H])c([2H])c6[2H])c6ccccc65)c([2H])c([2H])c4[2H])c([2H])c([2H])c3c3c([2H])c([2H])c([2H])c([2H])c32)cc(C(C)(C)C)c1[2H].[Pt]. The summed E-state index contributed by atoms with van der Waals surface area (Å²) in [5.41, 5.74) is 4.18. The van der Waals surface area contributed by atoms with Crippen molar-refractivity contribution in [2.45, 2.75) is 105 Å². The first-order chi connectivity index (χ1) is 39.4. The number of nitrogens with zero attached hydrogens (tertiary/aromatic N) is 4. The molecule has 6 heteroatoms. The number of ether oxygens (including phenoxy) is 1. The van der Waals surface area contributed by atoms with Gasteiger partial charge in [-0.05, 0) is 107 Å². The van der Waals surface area contributed by atoms with Gasteiger partial charge in [0.15, 0.2) is 0 Å². The Morgan fingerprint density at radius 1 is 0.529 bits per heavy atom. The number of aromatic nitrogens is 2. The van der Waals surface area contributed by atoms with Crippen LogP contribution in [0.4, 0.5) is 22.7 Å². The van der Waals surface area contributed by atoms with E-state index in [1.165, 1.54) is 10.6 Å². The Balaban J connectivity index is 0.00000884. The summed E-state index contributed by atoms with van der Waals surface area (Å²) in [4.78, 5) is 7.82. The minimum Gasteiger partial charge on any atom is -0.509 e. The van der Waals surface area contributed by atoms with Crippen LogP contribution in [-0.4, -0.2) is 9.55 Å². The van der Waals surface area contributed by atoms with Gasteiger partial charge >= 0.3 is 0 Å². The maximum absolute atomic E-state index is 9.50. The van der Waals surface area contributed by atoms with Crippen molar-refractivity contribution in [3.63, 3.8) is 0 Å². The van der Waals surface area contributed by atoms with Crippen LogP contribution in [0.3, 0.4) is 0 Å². The maximum atomic E-state index is 9.50. The molecule has 2 aromatic heterocycles. The minimum absolute atomic E-state index is 0. The molecule has 0 aliphatic carbocycles. The molecule has 0 radical (unpaired) electrons. The van der Waals surface area contributed by atoms with E-state index in [1.807, 2.05) is 64.6 Å². The predicted molar refractivity (Wildman–Crippen MR) is 290 cm³/mol. The Morgan fingerprint density at radius 3 is 1.77 bits per heavy atom. The molecule has 0 unspecified atom stereocenters. The van der Waals surface area contributed by atoms with E-state index in [1.54, 1.807) is 23.7 Å². The minimum atomic E-state index is -0.698. The molecule has 1 aliphatic heterocycles. The standard InChI is InChI=1S/C64H63N4O.Pt/c1-61(2,3)44-31-32-65-59(38-44)68-55-26-17-16-25-51(55)52-30-29-50(40-58(52)68)69-49-24-20-23-48(39-49)66-41-67(57-28-19-18-27-56(57)66)60-53(42-21-14-13-15-22-42)36-47(64(10,11)12)37-54(60)43-33-45(62(4,5)6)35-46(34-43)63(7,8)9;/h13-38,41H,1-12H3;/q-3;/i13D,14D,15D,16D,17D,20D,21D,22D,23D,24D,25D,26D,29D,30D,31D,32D;. The topological polar surface area (TPSA) is 33.5 Å². The van der Waals surface area contributed by atoms with E-state index in [9.17, 15) is 9.60 Å². The van der Waals surface area contributed by atoms with E-state index in [0.29, 0.717) is 33.8 Å². The van der Waals surface area contributed by atoms with Crippen molar-refractivity contribution in [2.75, 3.05) is 9.80 Å². The van der Waals surface area contributed by atoms with E-state index >= 15 is 0 Å². The molecule has 70 heavy (non-hydrogen) atoms. The molecule has 7 aromatic carbocycles. The fourth-order valence-corrected chi connectivity index (χ4v) is 8.47. The van der Waals surface area contributed by atoms with Gasteiger partial charge in [0.05, 0.1) is 15.1 Å². The Hall–Kier alpha value is -6.42. The monoisotopic (exact) mass is 1110 g/mol. The van der Waals surface area contributed by atoms with Crippen molar-refractivity contribution in [1.82, 2.24) is 9.55 Å². The molecule has 0 fully saturated rings. The second kappa shape index (κ2) is 18.1. The number of pyridine rings is 1. The van der Waals surface area contributed by atoms with Crippen molar-refractivity contribution in [2.24, 2.45) is 0 Å². The molecule has 358 valence electrons. The summed E-state index contributed by atoms with van der Waals surface area (Å²) in [7, 11) is 0. The number of para-hydroxylation sites is 3. The number of hydrogen-bond donors (Lipinski definition) is 0. The fraction of sp³-hybridized carbons (Fsp3) is 0.250. The van der Waals surface area contributed by atoms with Crippen LogP contribution in [0.15, 0.2) is 157 Å². The summed E-state index contributed by atoms with van der Waals surface area (Å²) < 4.78 is 153. The van der Waals surface area contributed by atoms with E-state index in [0.717, 1.165) is 22.3 Å². The largest absolute Gasteiger partial charge is 0.509 e. The van der Waals surface area contributed by atoms with Crippen molar-refractivity contribution >= 4 is 44.6 Å². The molecule has 1 aliphatic rings. The second-order valence-electron chi connectivity index (χ2n) is 21.6. The van der Waals surface area contributed by atoms with E-state index in [2.05, 4.69) is 82.9 Å². The third-order valence-electron chi connectivity index (χ3n) is 12.4. The molecule has 9 aromatic rings. The molecule has 3 heterocycles. The van der Waals surface area contributed by atoms with E-state index < -0.39 is 113 Å². The number of hydrogen-bond acceptors (Lipinski definition) is 4. The second-order valence-corrected chi connectivity index (χ2v) is 21.6. The third-order valence-corrected chi connectivity index (χ3v) is 12.4. The van der Waals surface area contributed by atoms with Crippen LogP contribution in [0, 0.1) is 18.8 Å². The van der Waals surface area contributed by atoms with Crippen molar-refractivity contribution in [3.05, 3.63) is 199 Å². The molecule has 0 amide bonds. The van der Waals surface area contributed by atoms with Gasteiger partial charge in [-0.3, -0.25) is 0 Å². The average Bonchev–Trinajstić information content (AvgIpc) is 1.53. The van der Waals surface area contributed by atoms with Gasteiger partial charge < -0.3 is 19.1 Å². The van der Waals surface area contributed by atoms with Crippen molar-refractivity contribution in [3.8, 4) is 39.6 Å². The Bertz CT molecular complexity index is 4280. The van der Waals surface area contributed by atoms with Gasteiger partial charge in [-0.25, -0.2) is 4.98 Å². The zero-order valence-corrected chi connectivity index (χ0v) is 43.6. The average molecular weight is 1120 g/mol. The molecule has 0 saturated carbocycles. The summed E-state index contributed by atoms with van der Waals surface area (Å²) in [5.74, 6) is -0.970. The van der Waals surface area contributed by atoms with Gasteiger partial charge in [-0.15, -0.1) is 48.0 Å². The van der Waals surface area contributed by atoms with Crippen LogP contribution < -0.4 is 14.5 Å². The molecule has 0 saturated heterocycles. The predicted octanol–water partition coefficient (Wildman–Crippen LogP) is 17.5. The summed E-state index contributed by atoms with van der Waals surface area (Å²) in [6, 6.07) is 17.6. The smallest absolute Gasteiger partial charge is 0.135 e. The molecule has 0 atom stereocenters. The summed E-state index contributed by atoms with van der Waals surface area (Å²) in [6.07, 6.45) is -0.427. The molecule has 0 N–H and O–H groups in total. The van der Waals surface area contributed by atoms with Gasteiger partial charge in [-0.1, -0.05) is 167 Å². The number of anilines is 4. The first-order valence-electron chi connectivity index (χ1n) is 31.0. The molecular weight excluding hydrogens is 1040 g/mol. The summed E-state index contributed by atoms with van der Waals surface area (Å²) in [5, 5.41) is -0.236. The summed E-state index contributed by atoms with van der Waals surface area (Å²) >= 11 is 0. The van der Waals surface area contributed by atoms with Gasteiger partial charge in [-0.2, -0.15) is 12.1 Å². The van der Waals surface area contributed by atoms with Gasteiger partial charge in [0, 0.05) is 75.2 Å². The first kappa shape index (κ1) is 32.5. The van der Waals surface area contributed by atoms with Crippen LogP contribution in [-0.2, 0) is 42.7 Å². The molecule has 10 rings (SSSR count). The van der Waals surface area contributed by atoms with Crippen LogP contribution in [0.2, 0.25) is 0 Å². The van der Waals surface area contributed by atoms with E-state index in [-0.39, 0.29) is 76.8 Å². The number of fused-ring (bicyclic) bond motifs is 4. The first-order valence-corrected chi connectivity index (χ1v) is 23.0. The number of rotatable bonds is 7. The van der Waals surface area contributed by atoms with Crippen LogP contribution in [0.1, 0.15) is 127 Å². The van der Waals surface area contributed by atoms with Gasteiger partial charge in [0.25, 0.3) is 0 Å². The van der Waals surface area contributed by atoms with Gasteiger partial charge in [0.1, 0.15) is 5.82 Å². The molecule has 5 nitrogen and oxygen atoms in total. The summed E-state index contributed by atoms with van der Waals surface area (Å²) in [6.45, 7) is 26.1. The zero-order valence-electron chi connectivity index (χ0n) is 57.4. The van der Waals surface area contributed by atoms with Gasteiger partial charge in [0.2, 0.25) is 0 Å². The Kier molecular flexibility index (Phi) is 8.38. The van der Waals surface area contributed by atoms with Crippen molar-refractivity contribution < 1.29 is 47.7 Å². The Morgan fingerprint density at radius 2 is 1.11 bits per heavy atom. The molecule has 0 bridgehead atoms. The maximum Gasteiger partial charge on any atom is 0.135 e. The molecular formula is C64H63N4OPt-3. The van der Waals surface area contributed by atoms with E-state index in [4.69, 9.17) is 17.1 Å². The van der Waals surface area contributed by atoms with Crippen molar-refractivity contribution in [1.29, 1.82) is 0 Å². The Labute approximate surface area is 452 Å². The van der Waals surface area contributed by atoms with Crippen LogP contribution >= 0.6 is 0 Å².